The molecule has 0 spiro atoms. The molecule has 1 aromatic carbocycles. The van der Waals surface area contributed by atoms with Crippen LogP contribution >= 0.6 is 11.6 Å². The molecule has 1 aliphatic heterocycles. The van der Waals surface area contributed by atoms with Gasteiger partial charge in [-0.15, -0.1) is 0 Å². The molecule has 2 rings (SSSR count). The van der Waals surface area contributed by atoms with Crippen molar-refractivity contribution in [3.05, 3.63) is 29.3 Å². The molecule has 14 heavy (non-hydrogen) atoms. The minimum Gasteiger partial charge on any atom is -0.369 e. The van der Waals surface area contributed by atoms with Crippen molar-refractivity contribution in [3.63, 3.8) is 0 Å². The maximum Gasteiger partial charge on any atom is 0.0978 e. The van der Waals surface area contributed by atoms with Crippen LogP contribution in [0.4, 0.5) is 5.69 Å². The van der Waals surface area contributed by atoms with E-state index >= 15 is 0 Å². The first-order valence-corrected chi connectivity index (χ1v) is 5.03. The second kappa shape index (κ2) is 4.17. The van der Waals surface area contributed by atoms with Gasteiger partial charge in [0.15, 0.2) is 0 Å². The first-order valence-electron chi connectivity index (χ1n) is 4.65. The average molecular weight is 213 g/mol. The largest absolute Gasteiger partial charge is 0.369 e. The highest BCUT2D eigenvalue weighted by atomic mass is 35.5. The lowest BCUT2D eigenvalue weighted by Crippen LogP contribution is -2.24. The molecule has 2 N–H and O–H groups in total. The summed E-state index contributed by atoms with van der Waals surface area (Å²) >= 11 is 5.81. The molecule has 0 radical (unpaired) electrons. The number of benzene rings is 1. The molecule has 1 aromatic rings. The average Bonchev–Trinajstić information content (AvgIpc) is 2.67. The van der Waals surface area contributed by atoms with Gasteiger partial charge < -0.3 is 4.90 Å². The molecule has 1 aliphatic rings. The van der Waals surface area contributed by atoms with Crippen molar-refractivity contribution in [1.82, 2.24) is 0 Å². The molecule has 76 valence electrons. The van der Waals surface area contributed by atoms with Crippen LogP contribution in [0.25, 0.3) is 0 Å². The van der Waals surface area contributed by atoms with E-state index in [1.165, 1.54) is 5.69 Å². The molecule has 0 bridgehead atoms. The molecule has 1 unspecified atom stereocenters. The van der Waals surface area contributed by atoms with Gasteiger partial charge in [-0.1, -0.05) is 11.6 Å². The van der Waals surface area contributed by atoms with Crippen molar-refractivity contribution in [3.8, 4) is 0 Å². The molecule has 0 amide bonds. The van der Waals surface area contributed by atoms with Gasteiger partial charge in [-0.2, -0.15) is 0 Å². The van der Waals surface area contributed by atoms with Crippen LogP contribution in [0.15, 0.2) is 24.3 Å². The number of anilines is 1. The number of nitrogens with two attached hydrogens (primary N) is 1. The predicted octanol–water partition coefficient (Wildman–Crippen LogP) is 1.81. The number of rotatable bonds is 2. The lowest BCUT2D eigenvalue weighted by atomic mass is 10.3. The van der Waals surface area contributed by atoms with E-state index in [2.05, 4.69) is 4.90 Å². The molecular weight excluding hydrogens is 200 g/mol. The standard InChI is InChI=1S/C10H13ClN2O/c11-8-1-3-9(4-2-8)13-6-5-10(7-13)14-12/h1-4,10H,5-7,12H2. The summed E-state index contributed by atoms with van der Waals surface area (Å²) in [7, 11) is 0. The summed E-state index contributed by atoms with van der Waals surface area (Å²) in [5.41, 5.74) is 1.17. The summed E-state index contributed by atoms with van der Waals surface area (Å²) in [4.78, 5) is 7.06. The Labute approximate surface area is 88.4 Å². The van der Waals surface area contributed by atoms with E-state index in [1.807, 2.05) is 24.3 Å². The molecule has 1 atom stereocenters. The Morgan fingerprint density at radius 1 is 1.36 bits per heavy atom. The molecular formula is C10H13ClN2O. The van der Waals surface area contributed by atoms with E-state index in [0.29, 0.717) is 0 Å². The van der Waals surface area contributed by atoms with Crippen LogP contribution in [0.2, 0.25) is 5.02 Å². The number of hydrogen-bond acceptors (Lipinski definition) is 3. The topological polar surface area (TPSA) is 38.5 Å². The zero-order valence-electron chi connectivity index (χ0n) is 7.82. The van der Waals surface area contributed by atoms with E-state index in [-0.39, 0.29) is 6.10 Å². The van der Waals surface area contributed by atoms with Gasteiger partial charge in [-0.3, -0.25) is 4.84 Å². The van der Waals surface area contributed by atoms with Crippen molar-refractivity contribution in [2.75, 3.05) is 18.0 Å². The summed E-state index contributed by atoms with van der Waals surface area (Å²) in [5.74, 6) is 5.15. The van der Waals surface area contributed by atoms with Crippen molar-refractivity contribution < 1.29 is 4.84 Å². The monoisotopic (exact) mass is 212 g/mol. The molecule has 1 fully saturated rings. The number of nitrogens with zero attached hydrogens (tertiary/aromatic N) is 1. The van der Waals surface area contributed by atoms with Gasteiger partial charge in [0.25, 0.3) is 0 Å². The number of hydrogen-bond donors (Lipinski definition) is 1. The van der Waals surface area contributed by atoms with Crippen LogP contribution in [-0.2, 0) is 4.84 Å². The Hall–Kier alpha value is -0.770. The Bertz CT molecular complexity index is 301. The first kappa shape index (κ1) is 9.77. The highest BCUT2D eigenvalue weighted by Crippen LogP contribution is 2.22. The predicted molar refractivity (Wildman–Crippen MR) is 57.3 cm³/mol. The minimum atomic E-state index is 0.158. The molecule has 0 aromatic heterocycles. The lowest BCUT2D eigenvalue weighted by molar-refractivity contribution is 0.0690. The minimum absolute atomic E-state index is 0.158. The van der Waals surface area contributed by atoms with Gasteiger partial charge in [-0.05, 0) is 30.7 Å². The highest BCUT2D eigenvalue weighted by molar-refractivity contribution is 6.30. The van der Waals surface area contributed by atoms with Gasteiger partial charge in [0.2, 0.25) is 0 Å². The normalized spacial score (nSPS) is 21.6. The summed E-state index contributed by atoms with van der Waals surface area (Å²) in [6.45, 7) is 1.85. The zero-order valence-corrected chi connectivity index (χ0v) is 8.57. The quantitative estimate of drug-likeness (QED) is 0.760. The van der Waals surface area contributed by atoms with E-state index in [9.17, 15) is 0 Å². The van der Waals surface area contributed by atoms with Crippen LogP contribution in [0.5, 0.6) is 0 Å². The lowest BCUT2D eigenvalue weighted by Gasteiger charge is -2.17. The van der Waals surface area contributed by atoms with E-state index < -0.39 is 0 Å². The molecule has 0 aliphatic carbocycles. The van der Waals surface area contributed by atoms with Crippen molar-refractivity contribution >= 4 is 17.3 Å². The van der Waals surface area contributed by atoms with Crippen LogP contribution in [-0.4, -0.2) is 19.2 Å². The SMILES string of the molecule is NOC1CCN(c2ccc(Cl)cc2)C1. The third kappa shape index (κ3) is 2.00. The van der Waals surface area contributed by atoms with Gasteiger partial charge in [0.05, 0.1) is 6.10 Å². The molecule has 1 saturated heterocycles. The van der Waals surface area contributed by atoms with Crippen molar-refractivity contribution in [2.24, 2.45) is 5.90 Å². The summed E-state index contributed by atoms with van der Waals surface area (Å²) in [5, 5.41) is 0.763. The molecule has 0 saturated carbocycles. The Kier molecular flexibility index (Phi) is 2.91. The van der Waals surface area contributed by atoms with Gasteiger partial charge in [0, 0.05) is 23.8 Å². The Balaban J connectivity index is 2.06. The van der Waals surface area contributed by atoms with E-state index in [4.69, 9.17) is 22.3 Å². The molecule has 4 heteroatoms. The van der Waals surface area contributed by atoms with Crippen molar-refractivity contribution in [1.29, 1.82) is 0 Å². The van der Waals surface area contributed by atoms with Crippen LogP contribution in [0.1, 0.15) is 6.42 Å². The van der Waals surface area contributed by atoms with Gasteiger partial charge in [0.1, 0.15) is 0 Å². The summed E-state index contributed by atoms with van der Waals surface area (Å²) in [6, 6.07) is 7.82. The molecule has 3 nitrogen and oxygen atoms in total. The summed E-state index contributed by atoms with van der Waals surface area (Å²) in [6.07, 6.45) is 1.14. The highest BCUT2D eigenvalue weighted by Gasteiger charge is 2.22. The molecule has 1 heterocycles. The second-order valence-electron chi connectivity index (χ2n) is 3.47. The van der Waals surface area contributed by atoms with E-state index in [0.717, 1.165) is 24.5 Å². The van der Waals surface area contributed by atoms with Gasteiger partial charge >= 0.3 is 0 Å². The third-order valence-electron chi connectivity index (χ3n) is 2.53. The van der Waals surface area contributed by atoms with Gasteiger partial charge in [-0.25, -0.2) is 5.90 Å². The maximum atomic E-state index is 5.81. The Morgan fingerprint density at radius 2 is 2.07 bits per heavy atom. The van der Waals surface area contributed by atoms with Crippen LogP contribution < -0.4 is 10.8 Å². The first-order chi connectivity index (χ1) is 6.79. The smallest absolute Gasteiger partial charge is 0.0978 e. The number of halogens is 1. The summed E-state index contributed by atoms with van der Waals surface area (Å²) < 4.78 is 0. The fourth-order valence-electron chi connectivity index (χ4n) is 1.73. The fourth-order valence-corrected chi connectivity index (χ4v) is 1.85. The fraction of sp³-hybridized carbons (Fsp3) is 0.400. The third-order valence-corrected chi connectivity index (χ3v) is 2.78. The zero-order chi connectivity index (χ0) is 9.97. The van der Waals surface area contributed by atoms with Crippen LogP contribution in [0.3, 0.4) is 0 Å². The van der Waals surface area contributed by atoms with Crippen molar-refractivity contribution in [2.45, 2.75) is 12.5 Å². The van der Waals surface area contributed by atoms with Crippen LogP contribution in [0, 0.1) is 0 Å². The Morgan fingerprint density at radius 3 is 2.64 bits per heavy atom. The maximum absolute atomic E-state index is 5.81. The van der Waals surface area contributed by atoms with E-state index in [1.54, 1.807) is 0 Å². The second-order valence-corrected chi connectivity index (χ2v) is 3.91.